The average molecular weight is 383 g/mol. The maximum atomic E-state index is 11.6. The molecule has 0 fully saturated rings. The number of aliphatic hydroxyl groups excluding tert-OH is 2. The van der Waals surface area contributed by atoms with E-state index in [9.17, 15) is 33.1 Å². The molecule has 0 rings (SSSR count). The fourth-order valence-corrected chi connectivity index (χ4v) is 4.16. The Labute approximate surface area is 151 Å². The van der Waals surface area contributed by atoms with Crippen LogP contribution in [-0.2, 0) is 14.9 Å². The van der Waals surface area contributed by atoms with Gasteiger partial charge in [0.25, 0.3) is 10.1 Å². The molecule has 25 heavy (non-hydrogen) atoms. The van der Waals surface area contributed by atoms with E-state index in [1.807, 2.05) is 0 Å². The summed E-state index contributed by atoms with van der Waals surface area (Å²) in [6.45, 7) is 3.25. The van der Waals surface area contributed by atoms with Crippen LogP contribution >= 0.6 is 0 Å². The lowest BCUT2D eigenvalue weighted by Gasteiger charge is -2.32. The van der Waals surface area contributed by atoms with E-state index < -0.39 is 39.5 Å². The molecule has 0 aromatic heterocycles. The van der Waals surface area contributed by atoms with E-state index in [1.54, 1.807) is 0 Å². The molecule has 0 amide bonds. The van der Waals surface area contributed by atoms with Gasteiger partial charge >= 0.3 is 5.97 Å². The van der Waals surface area contributed by atoms with Gasteiger partial charge in [0.05, 0.1) is 6.10 Å². The molecule has 0 aliphatic carbocycles. The molecule has 0 aliphatic heterocycles. The van der Waals surface area contributed by atoms with Gasteiger partial charge in [0, 0.05) is 0 Å². The Bertz CT molecular complexity index is 475. The van der Waals surface area contributed by atoms with Gasteiger partial charge in [-0.1, -0.05) is 71.1 Å². The van der Waals surface area contributed by atoms with Gasteiger partial charge < -0.3 is 15.3 Å². The van der Waals surface area contributed by atoms with Crippen LogP contribution in [0, 0.1) is 0 Å². The van der Waals surface area contributed by atoms with Gasteiger partial charge in [0.15, 0.2) is 0 Å². The molecule has 8 heteroatoms. The molecule has 3 atom stereocenters. The maximum absolute atomic E-state index is 11.6. The Balaban J connectivity index is 4.45. The third-order valence-corrected chi connectivity index (χ3v) is 6.20. The number of hydrogen-bond donors (Lipinski definition) is 4. The minimum absolute atomic E-state index is 0.228. The van der Waals surface area contributed by atoms with Crippen molar-refractivity contribution in [3.8, 4) is 0 Å². The molecule has 150 valence electrons. The predicted molar refractivity (Wildman–Crippen MR) is 96.1 cm³/mol. The highest BCUT2D eigenvalue weighted by atomic mass is 32.2. The molecule has 0 bridgehead atoms. The Morgan fingerprint density at radius 3 is 1.64 bits per heavy atom. The molecule has 7 nitrogen and oxygen atoms in total. The zero-order valence-corrected chi connectivity index (χ0v) is 16.2. The number of hydrogen-bond acceptors (Lipinski definition) is 5. The van der Waals surface area contributed by atoms with Crippen LogP contribution < -0.4 is 0 Å². The monoisotopic (exact) mass is 382 g/mol. The van der Waals surface area contributed by atoms with Crippen molar-refractivity contribution in [1.82, 2.24) is 0 Å². The molecule has 0 radical (unpaired) electrons. The van der Waals surface area contributed by atoms with Crippen molar-refractivity contribution in [3.05, 3.63) is 0 Å². The Kier molecular flexibility index (Phi) is 11.5. The molecule has 3 unspecified atom stereocenters. The molecular formula is C17H34O7S. The van der Waals surface area contributed by atoms with Crippen molar-refractivity contribution < 1.29 is 33.1 Å². The van der Waals surface area contributed by atoms with E-state index in [1.165, 1.54) is 25.7 Å². The number of carboxylic acids is 1. The Morgan fingerprint density at radius 2 is 1.32 bits per heavy atom. The summed E-state index contributed by atoms with van der Waals surface area (Å²) in [7, 11) is -5.09. The molecule has 0 aliphatic rings. The quantitative estimate of drug-likeness (QED) is 0.253. The van der Waals surface area contributed by atoms with Gasteiger partial charge in [-0.25, -0.2) is 0 Å². The largest absolute Gasteiger partial charge is 0.480 e. The second-order valence-electron chi connectivity index (χ2n) is 6.79. The lowest BCUT2D eigenvalue weighted by atomic mass is 9.91. The summed E-state index contributed by atoms with van der Waals surface area (Å²) in [5, 5.41) is 28.7. The zero-order valence-electron chi connectivity index (χ0n) is 15.4. The van der Waals surface area contributed by atoms with Crippen LogP contribution in [0.25, 0.3) is 0 Å². The van der Waals surface area contributed by atoms with Crippen LogP contribution in [0.5, 0.6) is 0 Å². The normalized spacial score (nSPS) is 17.0. The van der Waals surface area contributed by atoms with E-state index in [0.29, 0.717) is 6.42 Å². The third-order valence-electron chi connectivity index (χ3n) is 4.66. The first-order valence-electron chi connectivity index (χ1n) is 9.17. The van der Waals surface area contributed by atoms with Gasteiger partial charge in [0.1, 0.15) is 6.10 Å². The lowest BCUT2D eigenvalue weighted by molar-refractivity contribution is -0.146. The summed E-state index contributed by atoms with van der Waals surface area (Å²) >= 11 is 0. The summed E-state index contributed by atoms with van der Waals surface area (Å²) in [4.78, 5) is 11.5. The van der Waals surface area contributed by atoms with Crippen molar-refractivity contribution in [2.24, 2.45) is 0 Å². The van der Waals surface area contributed by atoms with Crippen molar-refractivity contribution in [3.63, 3.8) is 0 Å². The van der Waals surface area contributed by atoms with Crippen molar-refractivity contribution in [1.29, 1.82) is 0 Å². The van der Waals surface area contributed by atoms with Crippen molar-refractivity contribution in [2.75, 3.05) is 0 Å². The first kappa shape index (κ1) is 24.3. The summed E-state index contributed by atoms with van der Waals surface area (Å²) in [5.41, 5.74) is 0. The average Bonchev–Trinajstić information content (AvgIpc) is 2.50. The summed E-state index contributed by atoms with van der Waals surface area (Å²) < 4.78 is 29.9. The van der Waals surface area contributed by atoms with E-state index in [0.717, 1.165) is 32.6 Å². The molecule has 0 aromatic carbocycles. The number of carboxylic acid groups (broad SMARTS) is 1. The fourth-order valence-electron chi connectivity index (χ4n) is 3.04. The highest BCUT2D eigenvalue weighted by Crippen LogP contribution is 2.31. The minimum atomic E-state index is -5.09. The molecular weight excluding hydrogens is 348 g/mol. The van der Waals surface area contributed by atoms with Crippen LogP contribution in [0.2, 0.25) is 0 Å². The fraction of sp³-hybridized carbons (Fsp3) is 0.941. The highest BCUT2D eigenvalue weighted by Gasteiger charge is 2.57. The van der Waals surface area contributed by atoms with Crippen molar-refractivity contribution >= 4 is 16.1 Å². The summed E-state index contributed by atoms with van der Waals surface area (Å²) in [6, 6.07) is 0. The van der Waals surface area contributed by atoms with E-state index >= 15 is 0 Å². The second kappa shape index (κ2) is 11.8. The van der Waals surface area contributed by atoms with Gasteiger partial charge in [-0.3, -0.25) is 9.35 Å². The SMILES string of the molecule is CCCCCCCCCCCCC(C(=O)O)(C(O)C(C)O)S(=O)(=O)O. The van der Waals surface area contributed by atoms with Gasteiger partial charge in [-0.2, -0.15) is 8.42 Å². The zero-order chi connectivity index (χ0) is 19.5. The van der Waals surface area contributed by atoms with E-state index in [4.69, 9.17) is 0 Å². The summed E-state index contributed by atoms with van der Waals surface area (Å²) in [6.07, 6.45) is 5.66. The topological polar surface area (TPSA) is 132 Å². The van der Waals surface area contributed by atoms with Crippen LogP contribution in [-0.4, -0.2) is 51.2 Å². The lowest BCUT2D eigenvalue weighted by Crippen LogP contribution is -2.59. The second-order valence-corrected chi connectivity index (χ2v) is 8.47. The third kappa shape index (κ3) is 7.60. The van der Waals surface area contributed by atoms with Gasteiger partial charge in [-0.15, -0.1) is 0 Å². The van der Waals surface area contributed by atoms with Crippen LogP contribution in [0.3, 0.4) is 0 Å². The molecule has 0 aromatic rings. The van der Waals surface area contributed by atoms with Gasteiger partial charge in [-0.05, 0) is 13.3 Å². The molecule has 0 saturated carbocycles. The number of aliphatic carboxylic acids is 1. The van der Waals surface area contributed by atoms with Crippen LogP contribution in [0.4, 0.5) is 0 Å². The molecule has 4 N–H and O–H groups in total. The maximum Gasteiger partial charge on any atom is 0.330 e. The first-order valence-corrected chi connectivity index (χ1v) is 10.6. The van der Waals surface area contributed by atoms with Gasteiger partial charge in [0.2, 0.25) is 4.75 Å². The minimum Gasteiger partial charge on any atom is -0.480 e. The van der Waals surface area contributed by atoms with E-state index in [-0.39, 0.29) is 6.42 Å². The van der Waals surface area contributed by atoms with E-state index in [2.05, 4.69) is 6.92 Å². The van der Waals surface area contributed by atoms with Crippen LogP contribution in [0.1, 0.15) is 84.5 Å². The first-order chi connectivity index (χ1) is 11.6. The Hall–Kier alpha value is -0.700. The van der Waals surface area contributed by atoms with Crippen molar-refractivity contribution in [2.45, 2.75) is 101 Å². The Morgan fingerprint density at radius 1 is 0.920 bits per heavy atom. The molecule has 0 heterocycles. The number of unbranched alkanes of at least 4 members (excludes halogenated alkanes) is 9. The number of carbonyl (C=O) groups is 1. The highest BCUT2D eigenvalue weighted by molar-refractivity contribution is 7.88. The summed E-state index contributed by atoms with van der Waals surface area (Å²) in [5.74, 6) is -1.85. The number of aliphatic hydroxyl groups is 2. The van der Waals surface area contributed by atoms with Crippen LogP contribution in [0.15, 0.2) is 0 Å². The smallest absolute Gasteiger partial charge is 0.330 e. The molecule has 0 saturated heterocycles. The standard InChI is InChI=1S/C17H34O7S/c1-3-4-5-6-7-8-9-10-11-12-13-17(16(20)21,25(22,23)24)15(19)14(2)18/h14-15,18-19H,3-13H2,1-2H3,(H,20,21)(H,22,23,24). The molecule has 0 spiro atoms. The number of rotatable bonds is 15. The predicted octanol–water partition coefficient (Wildman–Crippen LogP) is 2.75.